The zero-order valence-corrected chi connectivity index (χ0v) is 11.0. The summed E-state index contributed by atoms with van der Waals surface area (Å²) in [6, 6.07) is 6.92. The molecule has 3 nitrogen and oxygen atoms in total. The van der Waals surface area contributed by atoms with Gasteiger partial charge in [0.25, 0.3) is 0 Å². The molecule has 1 atom stereocenters. The summed E-state index contributed by atoms with van der Waals surface area (Å²) >= 11 is 5.77. The lowest BCUT2D eigenvalue weighted by molar-refractivity contribution is -0.152. The second kappa shape index (κ2) is 5.41. The molecule has 1 aromatic rings. The maximum absolute atomic E-state index is 11.2. The predicted molar refractivity (Wildman–Crippen MR) is 67.6 cm³/mol. The van der Waals surface area contributed by atoms with Crippen molar-refractivity contribution >= 4 is 17.6 Å². The lowest BCUT2D eigenvalue weighted by atomic mass is 9.85. The van der Waals surface area contributed by atoms with E-state index in [0.717, 1.165) is 0 Å². The first-order valence-corrected chi connectivity index (χ1v) is 5.91. The highest BCUT2D eigenvalue weighted by atomic mass is 35.5. The van der Waals surface area contributed by atoms with Crippen LogP contribution in [0, 0.1) is 5.41 Å². The number of rotatable bonds is 5. The Hall–Kier alpha value is -1.22. The Labute approximate surface area is 106 Å². The summed E-state index contributed by atoms with van der Waals surface area (Å²) in [5, 5.41) is 9.79. The fraction of sp³-hybridized carbons (Fsp3) is 0.462. The number of carboxylic acids is 1. The van der Waals surface area contributed by atoms with Crippen molar-refractivity contribution in [2.24, 2.45) is 5.41 Å². The van der Waals surface area contributed by atoms with Crippen molar-refractivity contribution in [1.29, 1.82) is 0 Å². The maximum Gasteiger partial charge on any atom is 0.312 e. The molecule has 94 valence electrons. The van der Waals surface area contributed by atoms with Gasteiger partial charge in [0, 0.05) is 5.02 Å². The molecule has 0 bridgehead atoms. The zero-order chi connectivity index (χ0) is 13.1. The first kappa shape index (κ1) is 13.8. The number of carboxylic acid groups (broad SMARTS) is 1. The topological polar surface area (TPSA) is 46.5 Å². The molecule has 0 saturated carbocycles. The van der Waals surface area contributed by atoms with E-state index >= 15 is 0 Å². The summed E-state index contributed by atoms with van der Waals surface area (Å²) in [7, 11) is 0. The molecule has 4 heteroatoms. The van der Waals surface area contributed by atoms with Gasteiger partial charge in [0.15, 0.2) is 0 Å². The minimum atomic E-state index is -0.922. The minimum Gasteiger partial charge on any atom is -0.489 e. The Morgan fingerprint density at radius 2 is 1.94 bits per heavy atom. The lowest BCUT2D eigenvalue weighted by Crippen LogP contribution is -2.40. The predicted octanol–water partition coefficient (Wildman–Crippen LogP) is 3.61. The Bertz CT molecular complexity index is 384. The SMILES string of the molecule is CCC(Oc1ccc(Cl)cc1)C(C)(C)C(=O)O. The molecule has 0 fully saturated rings. The number of hydrogen-bond acceptors (Lipinski definition) is 2. The van der Waals surface area contributed by atoms with Gasteiger partial charge < -0.3 is 9.84 Å². The van der Waals surface area contributed by atoms with Crippen molar-refractivity contribution in [3.05, 3.63) is 29.3 Å². The molecule has 1 unspecified atom stereocenters. The van der Waals surface area contributed by atoms with Gasteiger partial charge in [-0.05, 0) is 44.5 Å². The second-order valence-electron chi connectivity index (χ2n) is 4.50. The molecule has 17 heavy (non-hydrogen) atoms. The lowest BCUT2D eigenvalue weighted by Gasteiger charge is -2.30. The van der Waals surface area contributed by atoms with Crippen LogP contribution in [0.5, 0.6) is 5.75 Å². The molecular formula is C13H17ClO3. The zero-order valence-electron chi connectivity index (χ0n) is 10.2. The van der Waals surface area contributed by atoms with Crippen molar-refractivity contribution in [2.45, 2.75) is 33.3 Å². The van der Waals surface area contributed by atoms with Crippen LogP contribution in [0.4, 0.5) is 0 Å². The van der Waals surface area contributed by atoms with E-state index in [1.807, 2.05) is 6.92 Å². The molecule has 0 aromatic heterocycles. The Morgan fingerprint density at radius 3 is 2.35 bits per heavy atom. The summed E-state index contributed by atoms with van der Waals surface area (Å²) in [5.41, 5.74) is -0.922. The van der Waals surface area contributed by atoms with E-state index in [-0.39, 0.29) is 6.10 Å². The van der Waals surface area contributed by atoms with Crippen LogP contribution in [0.1, 0.15) is 27.2 Å². The van der Waals surface area contributed by atoms with Crippen LogP contribution < -0.4 is 4.74 Å². The second-order valence-corrected chi connectivity index (χ2v) is 4.93. The van der Waals surface area contributed by atoms with Gasteiger partial charge in [0.1, 0.15) is 11.9 Å². The highest BCUT2D eigenvalue weighted by Crippen LogP contribution is 2.28. The quantitative estimate of drug-likeness (QED) is 0.875. The van der Waals surface area contributed by atoms with Gasteiger partial charge in [0.2, 0.25) is 0 Å². The van der Waals surface area contributed by atoms with Crippen LogP contribution in [0.2, 0.25) is 5.02 Å². The van der Waals surface area contributed by atoms with Crippen molar-refractivity contribution in [3.8, 4) is 5.75 Å². The monoisotopic (exact) mass is 256 g/mol. The van der Waals surface area contributed by atoms with Gasteiger partial charge in [-0.3, -0.25) is 4.79 Å². The molecule has 1 rings (SSSR count). The fourth-order valence-corrected chi connectivity index (χ4v) is 1.68. The smallest absolute Gasteiger partial charge is 0.312 e. The average Bonchev–Trinajstić information content (AvgIpc) is 2.27. The largest absolute Gasteiger partial charge is 0.489 e. The molecule has 0 amide bonds. The molecule has 0 heterocycles. The Balaban J connectivity index is 2.83. The number of ether oxygens (including phenoxy) is 1. The van der Waals surface area contributed by atoms with Crippen LogP contribution in [-0.2, 0) is 4.79 Å². The molecule has 1 aromatic carbocycles. The van der Waals surface area contributed by atoms with Crippen molar-refractivity contribution in [2.75, 3.05) is 0 Å². The standard InChI is InChI=1S/C13H17ClO3/c1-4-11(13(2,3)12(15)16)17-10-7-5-9(14)6-8-10/h5-8,11H,4H2,1-3H3,(H,15,16). The van der Waals surface area contributed by atoms with Crippen LogP contribution in [0.25, 0.3) is 0 Å². The van der Waals surface area contributed by atoms with E-state index in [2.05, 4.69) is 0 Å². The van der Waals surface area contributed by atoms with Crippen LogP contribution >= 0.6 is 11.6 Å². The summed E-state index contributed by atoms with van der Waals surface area (Å²) < 4.78 is 5.71. The van der Waals surface area contributed by atoms with Gasteiger partial charge >= 0.3 is 5.97 Å². The number of halogens is 1. The van der Waals surface area contributed by atoms with E-state index in [4.69, 9.17) is 21.4 Å². The summed E-state index contributed by atoms with van der Waals surface area (Å²) in [4.78, 5) is 11.2. The third-order valence-electron chi connectivity index (χ3n) is 2.82. The van der Waals surface area contributed by atoms with E-state index in [9.17, 15) is 4.79 Å². The molecule has 0 aliphatic carbocycles. The van der Waals surface area contributed by atoms with Gasteiger partial charge in [0.05, 0.1) is 5.41 Å². The van der Waals surface area contributed by atoms with Crippen LogP contribution in [-0.4, -0.2) is 17.2 Å². The first-order valence-electron chi connectivity index (χ1n) is 5.53. The molecular weight excluding hydrogens is 240 g/mol. The van der Waals surface area contributed by atoms with Gasteiger partial charge in [-0.1, -0.05) is 18.5 Å². The van der Waals surface area contributed by atoms with Crippen LogP contribution in [0.15, 0.2) is 24.3 Å². The van der Waals surface area contributed by atoms with E-state index in [0.29, 0.717) is 17.2 Å². The summed E-state index contributed by atoms with van der Waals surface area (Å²) in [5.74, 6) is -0.228. The van der Waals surface area contributed by atoms with E-state index in [1.54, 1.807) is 38.1 Å². The van der Waals surface area contributed by atoms with Gasteiger partial charge in [-0.25, -0.2) is 0 Å². The average molecular weight is 257 g/mol. The van der Waals surface area contributed by atoms with Crippen molar-refractivity contribution in [1.82, 2.24) is 0 Å². The van der Waals surface area contributed by atoms with Crippen LogP contribution in [0.3, 0.4) is 0 Å². The summed E-state index contributed by atoms with van der Waals surface area (Å²) in [6.45, 7) is 5.24. The molecule has 0 aliphatic rings. The number of hydrogen-bond donors (Lipinski definition) is 1. The molecule has 1 N–H and O–H groups in total. The first-order chi connectivity index (χ1) is 7.87. The van der Waals surface area contributed by atoms with Gasteiger partial charge in [-0.15, -0.1) is 0 Å². The third-order valence-corrected chi connectivity index (χ3v) is 3.07. The highest BCUT2D eigenvalue weighted by molar-refractivity contribution is 6.30. The summed E-state index contributed by atoms with van der Waals surface area (Å²) in [6.07, 6.45) is 0.253. The number of carbonyl (C=O) groups is 1. The third kappa shape index (κ3) is 3.37. The van der Waals surface area contributed by atoms with E-state index in [1.165, 1.54) is 0 Å². The Morgan fingerprint density at radius 1 is 1.41 bits per heavy atom. The van der Waals surface area contributed by atoms with E-state index < -0.39 is 11.4 Å². The normalized spacial score (nSPS) is 13.2. The molecule has 0 saturated heterocycles. The van der Waals surface area contributed by atoms with Crippen molar-refractivity contribution < 1.29 is 14.6 Å². The fourth-order valence-electron chi connectivity index (χ4n) is 1.56. The molecule has 0 spiro atoms. The highest BCUT2D eigenvalue weighted by Gasteiger charge is 2.37. The van der Waals surface area contributed by atoms with Crippen molar-refractivity contribution in [3.63, 3.8) is 0 Å². The minimum absolute atomic E-state index is 0.374. The molecule has 0 aliphatic heterocycles. The Kier molecular flexibility index (Phi) is 4.40. The number of aliphatic carboxylic acids is 1. The van der Waals surface area contributed by atoms with Gasteiger partial charge in [-0.2, -0.15) is 0 Å². The number of benzene rings is 1. The molecule has 0 radical (unpaired) electrons. The maximum atomic E-state index is 11.2.